The van der Waals surface area contributed by atoms with Gasteiger partial charge in [0.2, 0.25) is 0 Å². The maximum absolute atomic E-state index is 2.42. The molecule has 0 atom stereocenters. The summed E-state index contributed by atoms with van der Waals surface area (Å²) in [5.74, 6) is 0. The Morgan fingerprint density at radius 2 is 0.947 bits per heavy atom. The zero-order chi connectivity index (χ0) is 38.1. The lowest BCUT2D eigenvalue weighted by molar-refractivity contribution is 0.660. The van der Waals surface area contributed by atoms with Crippen LogP contribution in [0, 0.1) is 0 Å². The van der Waals surface area contributed by atoms with E-state index in [9.17, 15) is 0 Å². The molecule has 57 heavy (non-hydrogen) atoms. The summed E-state index contributed by atoms with van der Waals surface area (Å²) in [7, 11) is 0. The van der Waals surface area contributed by atoms with Crippen molar-refractivity contribution >= 4 is 49.6 Å². The van der Waals surface area contributed by atoms with Gasteiger partial charge in [0.15, 0.2) is 0 Å². The van der Waals surface area contributed by atoms with E-state index in [2.05, 4.69) is 230 Å². The monoisotopic (exact) mass is 728 g/mol. The van der Waals surface area contributed by atoms with Gasteiger partial charge in [-0.3, -0.25) is 0 Å². The molecule has 270 valence electrons. The lowest BCUT2D eigenvalue weighted by Crippen LogP contribution is -2.16. The molecule has 0 amide bonds. The second kappa shape index (κ2) is 13.0. The van der Waals surface area contributed by atoms with Gasteiger partial charge in [-0.1, -0.05) is 153 Å². The van der Waals surface area contributed by atoms with E-state index in [1.165, 1.54) is 82.8 Å². The van der Waals surface area contributed by atoms with Crippen molar-refractivity contribution in [3.8, 4) is 39.1 Å². The average molecular weight is 729 g/mol. The van der Waals surface area contributed by atoms with Crippen LogP contribution in [0.15, 0.2) is 206 Å². The van der Waals surface area contributed by atoms with Crippen molar-refractivity contribution in [3.63, 3.8) is 0 Å². The average Bonchev–Trinajstić information content (AvgIpc) is 3.72. The summed E-state index contributed by atoms with van der Waals surface area (Å²) in [6.45, 7) is 4.71. The number of anilines is 3. The summed E-state index contributed by atoms with van der Waals surface area (Å²) >= 11 is 0. The minimum Gasteiger partial charge on any atom is -0.310 e. The Kier molecular flexibility index (Phi) is 7.55. The number of rotatable bonds is 6. The van der Waals surface area contributed by atoms with Crippen LogP contribution in [0.5, 0.6) is 0 Å². The molecule has 1 heterocycles. The first kappa shape index (κ1) is 33.2. The Hall–Kier alpha value is -7.16. The van der Waals surface area contributed by atoms with Gasteiger partial charge in [-0.05, 0) is 122 Å². The summed E-state index contributed by atoms with van der Waals surface area (Å²) < 4.78 is 2.38. The molecule has 0 saturated heterocycles. The van der Waals surface area contributed by atoms with E-state index in [0.717, 1.165) is 17.1 Å². The molecule has 9 aromatic carbocycles. The van der Waals surface area contributed by atoms with Crippen LogP contribution in [0.1, 0.15) is 25.0 Å². The minimum absolute atomic E-state index is 0.0932. The quantitative estimate of drug-likeness (QED) is 0.165. The van der Waals surface area contributed by atoms with Crippen LogP contribution in [0.25, 0.3) is 71.6 Å². The van der Waals surface area contributed by atoms with Gasteiger partial charge in [0.05, 0.1) is 11.0 Å². The summed E-state index contributed by atoms with van der Waals surface area (Å²) in [5.41, 5.74) is 17.1. The molecule has 0 unspecified atom stereocenters. The topological polar surface area (TPSA) is 8.17 Å². The van der Waals surface area contributed by atoms with E-state index < -0.39 is 0 Å². The van der Waals surface area contributed by atoms with E-state index in [1.54, 1.807) is 0 Å². The molecule has 10 aromatic rings. The highest BCUT2D eigenvalue weighted by atomic mass is 15.1. The van der Waals surface area contributed by atoms with Crippen molar-refractivity contribution in [3.05, 3.63) is 217 Å². The fourth-order valence-electron chi connectivity index (χ4n) is 9.37. The zero-order valence-corrected chi connectivity index (χ0v) is 32.0. The van der Waals surface area contributed by atoms with Crippen molar-refractivity contribution in [2.45, 2.75) is 19.3 Å². The second-order valence-electron chi connectivity index (χ2n) is 15.8. The van der Waals surface area contributed by atoms with E-state index in [0.29, 0.717) is 0 Å². The van der Waals surface area contributed by atoms with Crippen molar-refractivity contribution < 1.29 is 0 Å². The van der Waals surface area contributed by atoms with E-state index in [4.69, 9.17) is 0 Å². The first-order valence-corrected chi connectivity index (χ1v) is 19.8. The highest BCUT2D eigenvalue weighted by Crippen LogP contribution is 2.51. The Balaban J connectivity index is 1.02. The van der Waals surface area contributed by atoms with Crippen LogP contribution in [0.4, 0.5) is 17.1 Å². The molecule has 1 aliphatic carbocycles. The molecule has 2 nitrogen and oxygen atoms in total. The Morgan fingerprint density at radius 1 is 0.368 bits per heavy atom. The third-order valence-electron chi connectivity index (χ3n) is 12.2. The largest absolute Gasteiger partial charge is 0.310 e. The van der Waals surface area contributed by atoms with Gasteiger partial charge < -0.3 is 9.47 Å². The Morgan fingerprint density at radius 3 is 1.77 bits per heavy atom. The van der Waals surface area contributed by atoms with Gasteiger partial charge in [-0.2, -0.15) is 0 Å². The zero-order valence-electron chi connectivity index (χ0n) is 32.0. The normalized spacial score (nSPS) is 12.9. The van der Waals surface area contributed by atoms with Crippen molar-refractivity contribution in [2.75, 3.05) is 4.90 Å². The number of hydrogen-bond acceptors (Lipinski definition) is 1. The molecule has 0 bridgehead atoms. The number of hydrogen-bond donors (Lipinski definition) is 0. The lowest BCUT2D eigenvalue weighted by atomic mass is 9.82. The molecule has 1 aromatic heterocycles. The number of benzene rings is 9. The van der Waals surface area contributed by atoms with Crippen molar-refractivity contribution in [1.82, 2.24) is 4.57 Å². The summed E-state index contributed by atoms with van der Waals surface area (Å²) in [6, 6.07) is 75.6. The molecular weight excluding hydrogens is 689 g/mol. The highest BCUT2D eigenvalue weighted by Gasteiger charge is 2.35. The molecular formula is C55H40N2. The lowest BCUT2D eigenvalue weighted by Gasteiger charge is -2.28. The van der Waals surface area contributed by atoms with Crippen molar-refractivity contribution in [1.29, 1.82) is 0 Å². The van der Waals surface area contributed by atoms with Crippen LogP contribution in [-0.2, 0) is 5.41 Å². The smallest absolute Gasteiger partial charge is 0.0541 e. The van der Waals surface area contributed by atoms with E-state index >= 15 is 0 Å². The molecule has 0 saturated carbocycles. The molecule has 1 aliphatic rings. The van der Waals surface area contributed by atoms with Gasteiger partial charge in [0, 0.05) is 38.9 Å². The molecule has 0 radical (unpaired) electrons. The number of aromatic nitrogens is 1. The van der Waals surface area contributed by atoms with Gasteiger partial charge in [-0.15, -0.1) is 0 Å². The summed E-state index contributed by atoms with van der Waals surface area (Å²) in [5, 5.41) is 4.97. The van der Waals surface area contributed by atoms with Crippen molar-refractivity contribution in [2.24, 2.45) is 0 Å². The maximum atomic E-state index is 2.42. The number of fused-ring (bicyclic) bond motifs is 7. The van der Waals surface area contributed by atoms with Crippen LogP contribution < -0.4 is 4.90 Å². The maximum Gasteiger partial charge on any atom is 0.0541 e. The van der Waals surface area contributed by atoms with Crippen LogP contribution in [0.2, 0.25) is 0 Å². The molecule has 2 heteroatoms. The van der Waals surface area contributed by atoms with Gasteiger partial charge in [0.25, 0.3) is 0 Å². The SMILES string of the molecule is CC1(C)c2ccccc2-c2ccc(N(c3ccc(-c4ccccc4-c4ccc5c(c4)c4ccccc4n5-c4ccccc4)cc3)c3ccc4ccccc4c3)cc21. The third-order valence-corrected chi connectivity index (χ3v) is 12.2. The van der Waals surface area contributed by atoms with Crippen LogP contribution in [-0.4, -0.2) is 4.57 Å². The molecule has 0 fully saturated rings. The highest BCUT2D eigenvalue weighted by molar-refractivity contribution is 6.11. The third kappa shape index (κ3) is 5.33. The predicted molar refractivity (Wildman–Crippen MR) is 241 cm³/mol. The molecule has 0 N–H and O–H groups in total. The number of nitrogens with zero attached hydrogens (tertiary/aromatic N) is 2. The van der Waals surface area contributed by atoms with Gasteiger partial charge >= 0.3 is 0 Å². The second-order valence-corrected chi connectivity index (χ2v) is 15.8. The Labute approximate surface area is 333 Å². The van der Waals surface area contributed by atoms with Crippen LogP contribution >= 0.6 is 0 Å². The fraction of sp³-hybridized carbons (Fsp3) is 0.0545. The minimum atomic E-state index is -0.0932. The van der Waals surface area contributed by atoms with E-state index in [-0.39, 0.29) is 5.41 Å². The number of para-hydroxylation sites is 2. The summed E-state index contributed by atoms with van der Waals surface area (Å²) in [4.78, 5) is 2.41. The first-order chi connectivity index (χ1) is 28.0. The Bertz CT molecular complexity index is 3150. The predicted octanol–water partition coefficient (Wildman–Crippen LogP) is 15.0. The molecule has 11 rings (SSSR count). The summed E-state index contributed by atoms with van der Waals surface area (Å²) in [6.07, 6.45) is 0. The fourth-order valence-corrected chi connectivity index (χ4v) is 9.37. The van der Waals surface area contributed by atoms with Gasteiger partial charge in [-0.25, -0.2) is 0 Å². The van der Waals surface area contributed by atoms with E-state index in [1.807, 2.05) is 0 Å². The standard InChI is InChI=1S/C55H40N2/c1-55(2)51-22-12-10-20-47(51)48-32-31-44(36-52(48)55)56(43-30-24-37-14-6-7-15-39(37)34-43)42-28-25-38(26-29-42)45-18-8-9-19-46(45)40-27-33-54-50(35-40)49-21-11-13-23-53(49)57(54)41-16-4-3-5-17-41/h3-36H,1-2H3. The van der Waals surface area contributed by atoms with Gasteiger partial charge in [0.1, 0.15) is 0 Å². The van der Waals surface area contributed by atoms with Crippen LogP contribution in [0.3, 0.4) is 0 Å². The molecule has 0 aliphatic heterocycles. The first-order valence-electron chi connectivity index (χ1n) is 19.8. The molecule has 0 spiro atoms.